The van der Waals surface area contributed by atoms with Gasteiger partial charge in [-0.2, -0.15) is 0 Å². The van der Waals surface area contributed by atoms with Gasteiger partial charge in [0.05, 0.1) is 11.0 Å². The molecule has 22 heavy (non-hydrogen) atoms. The first-order valence-electron chi connectivity index (χ1n) is 7.33. The number of H-pyrrole nitrogens is 1. The van der Waals surface area contributed by atoms with Crippen LogP contribution in [0.4, 0.5) is 0 Å². The Bertz CT molecular complexity index is 713. The van der Waals surface area contributed by atoms with E-state index in [9.17, 15) is 9.59 Å². The lowest BCUT2D eigenvalue weighted by Crippen LogP contribution is -2.41. The van der Waals surface area contributed by atoms with Crippen LogP contribution in [0.5, 0.6) is 0 Å². The molecule has 1 aliphatic heterocycles. The number of nitrogens with zero attached hydrogens (tertiary/aromatic N) is 1. The zero-order chi connectivity index (χ0) is 15.5. The molecule has 0 saturated carbocycles. The van der Waals surface area contributed by atoms with Crippen molar-refractivity contribution in [2.45, 2.75) is 31.7 Å². The van der Waals surface area contributed by atoms with Crippen LogP contribution in [0.2, 0.25) is 5.02 Å². The molecule has 1 aromatic heterocycles. The fourth-order valence-electron chi connectivity index (χ4n) is 2.55. The van der Waals surface area contributed by atoms with E-state index in [2.05, 4.69) is 20.6 Å². The molecule has 3 rings (SSSR count). The molecule has 3 N–H and O–H groups in total. The highest BCUT2D eigenvalue weighted by molar-refractivity contribution is 6.31. The third kappa shape index (κ3) is 3.39. The molecule has 7 heteroatoms. The maximum Gasteiger partial charge on any atom is 0.242 e. The van der Waals surface area contributed by atoms with Crippen LogP contribution >= 0.6 is 11.6 Å². The van der Waals surface area contributed by atoms with Gasteiger partial charge in [0.15, 0.2) is 0 Å². The van der Waals surface area contributed by atoms with Gasteiger partial charge in [-0.3, -0.25) is 9.59 Å². The van der Waals surface area contributed by atoms with Crippen LogP contribution in [0.15, 0.2) is 18.2 Å². The van der Waals surface area contributed by atoms with Crippen molar-refractivity contribution in [1.29, 1.82) is 0 Å². The van der Waals surface area contributed by atoms with Gasteiger partial charge in [0.25, 0.3) is 0 Å². The summed E-state index contributed by atoms with van der Waals surface area (Å²) in [6.45, 7) is 0.559. The third-order valence-corrected chi connectivity index (χ3v) is 3.93. The van der Waals surface area contributed by atoms with Crippen molar-refractivity contribution in [1.82, 2.24) is 20.6 Å². The molecule has 1 aromatic carbocycles. The van der Waals surface area contributed by atoms with Gasteiger partial charge in [0.1, 0.15) is 11.9 Å². The number of amides is 2. The van der Waals surface area contributed by atoms with E-state index in [1.165, 1.54) is 0 Å². The fraction of sp³-hybridized carbons (Fsp3) is 0.400. The monoisotopic (exact) mass is 320 g/mol. The van der Waals surface area contributed by atoms with Crippen LogP contribution in [-0.2, 0) is 16.0 Å². The molecule has 2 amide bonds. The van der Waals surface area contributed by atoms with Crippen LogP contribution < -0.4 is 10.6 Å². The van der Waals surface area contributed by atoms with Crippen LogP contribution in [0, 0.1) is 0 Å². The minimum Gasteiger partial charge on any atom is -0.354 e. The molecule has 2 heterocycles. The summed E-state index contributed by atoms with van der Waals surface area (Å²) in [7, 11) is 0. The van der Waals surface area contributed by atoms with Crippen molar-refractivity contribution >= 4 is 34.4 Å². The maximum atomic E-state index is 11.8. The Kier molecular flexibility index (Phi) is 4.29. The van der Waals surface area contributed by atoms with Crippen LogP contribution in [0.1, 0.15) is 25.1 Å². The van der Waals surface area contributed by atoms with Gasteiger partial charge >= 0.3 is 0 Å². The zero-order valence-electron chi connectivity index (χ0n) is 12.0. The number of halogens is 1. The molecule has 6 nitrogen and oxygen atoms in total. The average molecular weight is 321 g/mol. The number of hydrogen-bond acceptors (Lipinski definition) is 3. The number of benzene rings is 1. The number of fused-ring (bicyclic) bond motifs is 1. The molecule has 0 unspecified atom stereocenters. The summed E-state index contributed by atoms with van der Waals surface area (Å²) in [5.41, 5.74) is 1.80. The number of aromatic amines is 1. The second kappa shape index (κ2) is 6.36. The van der Waals surface area contributed by atoms with Crippen molar-refractivity contribution < 1.29 is 9.59 Å². The van der Waals surface area contributed by atoms with Crippen LogP contribution in [0.25, 0.3) is 11.0 Å². The Balaban J connectivity index is 1.46. The predicted molar refractivity (Wildman–Crippen MR) is 83.6 cm³/mol. The summed E-state index contributed by atoms with van der Waals surface area (Å²) in [5.74, 6) is 0.712. The highest BCUT2D eigenvalue weighted by atomic mass is 35.5. The van der Waals surface area contributed by atoms with Crippen molar-refractivity contribution in [3.05, 3.63) is 29.0 Å². The van der Waals surface area contributed by atoms with E-state index in [1.807, 2.05) is 18.2 Å². The van der Waals surface area contributed by atoms with E-state index in [4.69, 9.17) is 11.6 Å². The number of carbonyl (C=O) groups is 2. The second-order valence-corrected chi connectivity index (χ2v) is 5.83. The predicted octanol–water partition coefficient (Wildman–Crippen LogP) is 1.54. The van der Waals surface area contributed by atoms with E-state index in [0.29, 0.717) is 24.4 Å². The first-order valence-corrected chi connectivity index (χ1v) is 7.71. The van der Waals surface area contributed by atoms with Gasteiger partial charge in [-0.1, -0.05) is 11.6 Å². The lowest BCUT2D eigenvalue weighted by Gasteiger charge is -2.10. The lowest BCUT2D eigenvalue weighted by molar-refractivity contribution is -0.125. The highest BCUT2D eigenvalue weighted by Crippen LogP contribution is 2.17. The molecule has 1 saturated heterocycles. The van der Waals surface area contributed by atoms with Crippen molar-refractivity contribution in [3.8, 4) is 0 Å². The smallest absolute Gasteiger partial charge is 0.242 e. The van der Waals surface area contributed by atoms with Crippen molar-refractivity contribution in [2.24, 2.45) is 0 Å². The van der Waals surface area contributed by atoms with Crippen LogP contribution in [0.3, 0.4) is 0 Å². The van der Waals surface area contributed by atoms with E-state index >= 15 is 0 Å². The number of rotatable bonds is 5. The maximum absolute atomic E-state index is 11.8. The molecule has 116 valence electrons. The summed E-state index contributed by atoms with van der Waals surface area (Å²) in [4.78, 5) is 30.6. The SMILES string of the molecule is O=C1CC[C@@H](C(=O)NCCCc2nc3ccc(Cl)cc3[nH]2)N1. The Morgan fingerprint density at radius 1 is 1.45 bits per heavy atom. The largest absolute Gasteiger partial charge is 0.354 e. The fourth-order valence-corrected chi connectivity index (χ4v) is 2.73. The molecular formula is C15H17ClN4O2. The lowest BCUT2D eigenvalue weighted by atomic mass is 10.2. The summed E-state index contributed by atoms with van der Waals surface area (Å²) < 4.78 is 0. The number of aromatic nitrogens is 2. The van der Waals surface area contributed by atoms with E-state index in [1.54, 1.807) is 0 Å². The Labute approximate surface area is 132 Å². The minimum atomic E-state index is -0.374. The molecular weight excluding hydrogens is 304 g/mol. The number of aryl methyl sites for hydroxylation is 1. The topological polar surface area (TPSA) is 86.9 Å². The van der Waals surface area contributed by atoms with Crippen molar-refractivity contribution in [3.63, 3.8) is 0 Å². The van der Waals surface area contributed by atoms with Crippen LogP contribution in [-0.4, -0.2) is 34.4 Å². The third-order valence-electron chi connectivity index (χ3n) is 3.69. The van der Waals surface area contributed by atoms with E-state index in [0.717, 1.165) is 29.7 Å². The van der Waals surface area contributed by atoms with Crippen molar-refractivity contribution in [2.75, 3.05) is 6.54 Å². The van der Waals surface area contributed by atoms with Gasteiger partial charge in [-0.05, 0) is 31.0 Å². The summed E-state index contributed by atoms with van der Waals surface area (Å²) in [5, 5.41) is 6.17. The first-order chi connectivity index (χ1) is 10.6. The Hall–Kier alpha value is -2.08. The van der Waals surface area contributed by atoms with Gasteiger partial charge in [-0.15, -0.1) is 0 Å². The molecule has 1 fully saturated rings. The minimum absolute atomic E-state index is 0.0545. The summed E-state index contributed by atoms with van der Waals surface area (Å²) >= 11 is 5.94. The first kappa shape index (κ1) is 14.8. The normalized spacial score (nSPS) is 17.7. The summed E-state index contributed by atoms with van der Waals surface area (Å²) in [6.07, 6.45) is 2.53. The second-order valence-electron chi connectivity index (χ2n) is 5.40. The van der Waals surface area contributed by atoms with Gasteiger partial charge in [0, 0.05) is 24.4 Å². The molecule has 0 aliphatic carbocycles. The molecule has 2 aromatic rings. The van der Waals surface area contributed by atoms with E-state index in [-0.39, 0.29) is 17.9 Å². The number of nitrogens with one attached hydrogen (secondary N) is 3. The summed E-state index contributed by atoms with van der Waals surface area (Å²) in [6, 6.07) is 5.16. The Morgan fingerprint density at radius 3 is 3.09 bits per heavy atom. The Morgan fingerprint density at radius 2 is 2.32 bits per heavy atom. The number of hydrogen-bond donors (Lipinski definition) is 3. The van der Waals surface area contributed by atoms with Gasteiger partial charge in [-0.25, -0.2) is 4.98 Å². The average Bonchev–Trinajstić information content (AvgIpc) is 3.08. The molecule has 0 bridgehead atoms. The quantitative estimate of drug-likeness (QED) is 0.730. The number of imidazole rings is 1. The molecule has 1 aliphatic rings. The molecule has 0 spiro atoms. The number of carbonyl (C=O) groups excluding carboxylic acids is 2. The molecule has 1 atom stereocenters. The zero-order valence-corrected chi connectivity index (χ0v) is 12.7. The highest BCUT2D eigenvalue weighted by Gasteiger charge is 2.26. The van der Waals surface area contributed by atoms with E-state index < -0.39 is 0 Å². The molecule has 0 radical (unpaired) electrons. The standard InChI is InChI=1S/C15H17ClN4O2/c16-9-3-4-10-12(8-9)19-13(18-10)2-1-7-17-15(22)11-5-6-14(21)20-11/h3-4,8,11H,1-2,5-7H2,(H,17,22)(H,18,19)(H,20,21)/t11-/m0/s1. The van der Waals surface area contributed by atoms with Gasteiger partial charge < -0.3 is 15.6 Å². The van der Waals surface area contributed by atoms with Gasteiger partial charge in [0.2, 0.25) is 11.8 Å².